The fourth-order valence-electron chi connectivity index (χ4n) is 1.84. The summed E-state index contributed by atoms with van der Waals surface area (Å²) in [6.07, 6.45) is 0.121. The quantitative estimate of drug-likeness (QED) is 0.831. The van der Waals surface area contributed by atoms with Crippen LogP contribution in [0.1, 0.15) is 20.3 Å². The molecule has 0 amide bonds. The molecule has 0 aliphatic carbocycles. The summed E-state index contributed by atoms with van der Waals surface area (Å²) < 4.78 is 25.6. The molecule has 0 spiro atoms. The van der Waals surface area contributed by atoms with Gasteiger partial charge in [0.15, 0.2) is 0 Å². The van der Waals surface area contributed by atoms with Crippen LogP contribution in [0, 0.1) is 0 Å². The van der Waals surface area contributed by atoms with Gasteiger partial charge >= 0.3 is 0 Å². The molecule has 19 heavy (non-hydrogen) atoms. The summed E-state index contributed by atoms with van der Waals surface area (Å²) in [5.74, 6) is 0. The highest BCUT2D eigenvalue weighted by Crippen LogP contribution is 2.24. The highest BCUT2D eigenvalue weighted by Gasteiger charge is 2.21. The first-order valence-corrected chi connectivity index (χ1v) is 7.65. The maximum atomic E-state index is 12.2. The number of anilines is 1. The Morgan fingerprint density at radius 2 is 1.84 bits per heavy atom. The summed E-state index contributed by atoms with van der Waals surface area (Å²) in [7, 11) is -0.463. The zero-order valence-corrected chi connectivity index (χ0v) is 12.6. The van der Waals surface area contributed by atoms with Crippen molar-refractivity contribution in [2.45, 2.75) is 37.3 Å². The van der Waals surface area contributed by atoms with E-state index in [1.807, 2.05) is 6.92 Å². The van der Waals surface area contributed by atoms with Crippen LogP contribution in [0.3, 0.4) is 0 Å². The summed E-state index contributed by atoms with van der Waals surface area (Å²) in [4.78, 5) is 0.248. The monoisotopic (exact) mass is 286 g/mol. The van der Waals surface area contributed by atoms with E-state index in [0.717, 1.165) is 0 Å². The van der Waals surface area contributed by atoms with Gasteiger partial charge in [0.25, 0.3) is 0 Å². The zero-order chi connectivity index (χ0) is 14.6. The van der Waals surface area contributed by atoms with E-state index in [9.17, 15) is 13.5 Å². The van der Waals surface area contributed by atoms with Crippen molar-refractivity contribution in [1.29, 1.82) is 0 Å². The zero-order valence-electron chi connectivity index (χ0n) is 11.8. The number of aliphatic hydroxyl groups excluding tert-OH is 1. The van der Waals surface area contributed by atoms with Crippen LogP contribution in [0.25, 0.3) is 0 Å². The first kappa shape index (κ1) is 15.9. The molecular formula is C13H22N2O3S. The number of aliphatic hydroxyl groups is 1. The van der Waals surface area contributed by atoms with Gasteiger partial charge in [-0.15, -0.1) is 0 Å². The molecule has 0 heterocycles. The van der Waals surface area contributed by atoms with Crippen molar-refractivity contribution < 1.29 is 13.5 Å². The average Bonchev–Trinajstić information content (AvgIpc) is 2.27. The molecule has 1 aromatic rings. The molecule has 0 radical (unpaired) electrons. The van der Waals surface area contributed by atoms with Crippen molar-refractivity contribution >= 4 is 15.7 Å². The van der Waals surface area contributed by atoms with Gasteiger partial charge in [-0.1, -0.05) is 12.1 Å². The number of para-hydroxylation sites is 1. The van der Waals surface area contributed by atoms with Crippen molar-refractivity contribution in [3.05, 3.63) is 24.3 Å². The van der Waals surface area contributed by atoms with Crippen LogP contribution in [0.2, 0.25) is 0 Å². The molecule has 0 aliphatic rings. The van der Waals surface area contributed by atoms with Gasteiger partial charge in [0.2, 0.25) is 10.0 Å². The third kappa shape index (κ3) is 4.19. The van der Waals surface area contributed by atoms with E-state index in [1.54, 1.807) is 31.2 Å². The van der Waals surface area contributed by atoms with Gasteiger partial charge in [-0.25, -0.2) is 12.7 Å². The SMILES string of the molecule is CC(O)CC(C)Nc1ccccc1S(=O)(=O)N(C)C. The Bertz CT molecular complexity index is 512. The molecule has 1 rings (SSSR count). The second-order valence-electron chi connectivity index (χ2n) is 4.91. The molecule has 0 fully saturated rings. The molecule has 2 N–H and O–H groups in total. The van der Waals surface area contributed by atoms with E-state index in [2.05, 4.69) is 5.32 Å². The number of hydrogen-bond donors (Lipinski definition) is 2. The molecule has 2 atom stereocenters. The molecule has 0 aliphatic heterocycles. The standard InChI is InChI=1S/C13H22N2O3S/c1-10(9-11(2)16)14-12-7-5-6-8-13(12)19(17,18)15(3)4/h5-8,10-11,14,16H,9H2,1-4H3. The van der Waals surface area contributed by atoms with E-state index >= 15 is 0 Å². The van der Waals surface area contributed by atoms with Crippen LogP contribution in [0.15, 0.2) is 29.2 Å². The van der Waals surface area contributed by atoms with Gasteiger partial charge in [0, 0.05) is 20.1 Å². The Morgan fingerprint density at radius 1 is 1.26 bits per heavy atom. The minimum absolute atomic E-state index is 0.0153. The van der Waals surface area contributed by atoms with E-state index in [4.69, 9.17) is 0 Å². The normalized spacial score (nSPS) is 15.3. The molecule has 0 saturated heterocycles. The topological polar surface area (TPSA) is 69.6 Å². The predicted molar refractivity (Wildman–Crippen MR) is 76.7 cm³/mol. The van der Waals surface area contributed by atoms with Gasteiger partial charge in [0.05, 0.1) is 11.8 Å². The predicted octanol–water partition coefficient (Wildman–Crippen LogP) is 1.51. The summed E-state index contributed by atoms with van der Waals surface area (Å²) >= 11 is 0. The third-order valence-electron chi connectivity index (χ3n) is 2.74. The second-order valence-corrected chi connectivity index (χ2v) is 7.03. The molecule has 0 aromatic heterocycles. The van der Waals surface area contributed by atoms with E-state index in [1.165, 1.54) is 18.4 Å². The molecule has 6 heteroatoms. The first-order chi connectivity index (χ1) is 8.75. The van der Waals surface area contributed by atoms with Gasteiger partial charge in [-0.2, -0.15) is 0 Å². The highest BCUT2D eigenvalue weighted by molar-refractivity contribution is 7.89. The molecular weight excluding hydrogens is 264 g/mol. The first-order valence-electron chi connectivity index (χ1n) is 6.21. The Morgan fingerprint density at radius 3 is 2.37 bits per heavy atom. The van der Waals surface area contributed by atoms with E-state index in [-0.39, 0.29) is 10.9 Å². The highest BCUT2D eigenvalue weighted by atomic mass is 32.2. The van der Waals surface area contributed by atoms with Crippen molar-refractivity contribution in [3.63, 3.8) is 0 Å². The maximum Gasteiger partial charge on any atom is 0.244 e. The number of hydrogen-bond acceptors (Lipinski definition) is 4. The van der Waals surface area contributed by atoms with E-state index in [0.29, 0.717) is 12.1 Å². The summed E-state index contributed by atoms with van der Waals surface area (Å²) in [5, 5.41) is 12.5. The van der Waals surface area contributed by atoms with Gasteiger partial charge in [-0.3, -0.25) is 0 Å². The van der Waals surface area contributed by atoms with Crippen molar-refractivity contribution in [2.75, 3.05) is 19.4 Å². The number of rotatable bonds is 6. The molecule has 108 valence electrons. The smallest absolute Gasteiger partial charge is 0.244 e. The molecule has 1 aromatic carbocycles. The Balaban J connectivity index is 3.04. The van der Waals surface area contributed by atoms with Crippen molar-refractivity contribution in [2.24, 2.45) is 0 Å². The van der Waals surface area contributed by atoms with Gasteiger partial charge in [-0.05, 0) is 32.4 Å². The third-order valence-corrected chi connectivity index (χ3v) is 4.62. The molecule has 0 saturated carbocycles. The fraction of sp³-hybridized carbons (Fsp3) is 0.538. The summed E-state index contributed by atoms with van der Waals surface area (Å²) in [6, 6.07) is 6.77. The summed E-state index contributed by atoms with van der Waals surface area (Å²) in [5.41, 5.74) is 0.560. The summed E-state index contributed by atoms with van der Waals surface area (Å²) in [6.45, 7) is 3.62. The largest absolute Gasteiger partial charge is 0.393 e. The van der Waals surface area contributed by atoms with Crippen molar-refractivity contribution in [1.82, 2.24) is 4.31 Å². The maximum absolute atomic E-state index is 12.2. The van der Waals surface area contributed by atoms with Crippen LogP contribution < -0.4 is 5.32 Å². The Hall–Kier alpha value is -1.11. The van der Waals surface area contributed by atoms with Crippen LogP contribution in [0.4, 0.5) is 5.69 Å². The Labute approximate surface area is 115 Å². The van der Waals surface area contributed by atoms with Crippen LogP contribution in [0.5, 0.6) is 0 Å². The number of sulfonamides is 1. The van der Waals surface area contributed by atoms with Crippen molar-refractivity contribution in [3.8, 4) is 0 Å². The van der Waals surface area contributed by atoms with Gasteiger partial charge < -0.3 is 10.4 Å². The lowest BCUT2D eigenvalue weighted by atomic mass is 10.1. The van der Waals surface area contributed by atoms with Gasteiger partial charge in [0.1, 0.15) is 4.90 Å². The number of benzene rings is 1. The van der Waals surface area contributed by atoms with Crippen LogP contribution >= 0.6 is 0 Å². The lowest BCUT2D eigenvalue weighted by Crippen LogP contribution is -2.26. The van der Waals surface area contributed by atoms with E-state index < -0.39 is 16.1 Å². The minimum Gasteiger partial charge on any atom is -0.393 e. The Kier molecular flexibility index (Phi) is 5.34. The van der Waals surface area contributed by atoms with Crippen LogP contribution in [-0.4, -0.2) is 44.1 Å². The lowest BCUT2D eigenvalue weighted by molar-refractivity contribution is 0.179. The fourth-order valence-corrected chi connectivity index (χ4v) is 2.89. The minimum atomic E-state index is -3.47. The molecule has 5 nitrogen and oxygen atoms in total. The number of nitrogens with zero attached hydrogens (tertiary/aromatic N) is 1. The molecule has 2 unspecified atom stereocenters. The lowest BCUT2D eigenvalue weighted by Gasteiger charge is -2.20. The average molecular weight is 286 g/mol. The second kappa shape index (κ2) is 6.36. The molecule has 0 bridgehead atoms. The number of nitrogens with one attached hydrogen (secondary N) is 1. The van der Waals surface area contributed by atoms with Crippen LogP contribution in [-0.2, 0) is 10.0 Å².